The molecule has 0 heterocycles. The number of phenolic OH excluding ortho intramolecular Hbond substituents is 1. The molecular weight excluding hydrogens is 410 g/mol. The molecule has 182 valence electrons. The first kappa shape index (κ1) is 26.8. The average Bonchev–Trinajstić information content (AvgIpc) is 2.84. The minimum atomic E-state index is 0.0464. The summed E-state index contributed by atoms with van der Waals surface area (Å²) in [5.41, 5.74) is 1.56. The Hall–Kier alpha value is -2.49. The lowest BCUT2D eigenvalue weighted by atomic mass is 10.0. The van der Waals surface area contributed by atoms with Gasteiger partial charge in [0.25, 0.3) is 0 Å². The maximum Gasteiger partial charge on any atom is 0.128 e. The molecule has 0 aliphatic rings. The molecule has 4 nitrogen and oxygen atoms in total. The van der Waals surface area contributed by atoms with E-state index in [2.05, 4.69) is 12.1 Å². The van der Waals surface area contributed by atoms with E-state index >= 15 is 0 Å². The molecule has 2 rings (SSSR count). The van der Waals surface area contributed by atoms with Gasteiger partial charge in [-0.1, -0.05) is 126 Å². The third kappa shape index (κ3) is 10.8. The zero-order chi connectivity index (χ0) is 23.6. The Kier molecular flexibility index (Phi) is 13.8. The van der Waals surface area contributed by atoms with Crippen LogP contribution in [0.3, 0.4) is 0 Å². The van der Waals surface area contributed by atoms with Crippen molar-refractivity contribution in [3.05, 3.63) is 59.7 Å². The summed E-state index contributed by atoms with van der Waals surface area (Å²) in [7, 11) is 0. The van der Waals surface area contributed by atoms with Crippen LogP contribution in [-0.4, -0.2) is 22.6 Å². The van der Waals surface area contributed by atoms with Crippen molar-refractivity contribution in [1.82, 2.24) is 0 Å². The largest absolute Gasteiger partial charge is 0.507 e. The Morgan fingerprint density at radius 1 is 0.727 bits per heavy atom. The summed E-state index contributed by atoms with van der Waals surface area (Å²) < 4.78 is 5.81. The molecule has 0 radical (unpaired) electrons. The van der Waals surface area contributed by atoms with Crippen molar-refractivity contribution >= 4 is 5.71 Å². The van der Waals surface area contributed by atoms with E-state index in [4.69, 9.17) is 4.74 Å². The van der Waals surface area contributed by atoms with Gasteiger partial charge in [0.15, 0.2) is 0 Å². The van der Waals surface area contributed by atoms with Crippen LogP contribution in [0.15, 0.2) is 53.7 Å². The lowest BCUT2D eigenvalue weighted by Crippen LogP contribution is -2.04. The first-order chi connectivity index (χ1) is 16.3. The van der Waals surface area contributed by atoms with E-state index in [0.29, 0.717) is 23.6 Å². The number of hydrogen-bond donors (Lipinski definition) is 2. The number of phenols is 1. The van der Waals surface area contributed by atoms with Gasteiger partial charge in [-0.3, -0.25) is 0 Å². The Balaban J connectivity index is 1.54. The number of benzene rings is 2. The van der Waals surface area contributed by atoms with Gasteiger partial charge in [0.2, 0.25) is 0 Å². The number of nitrogens with zero attached hydrogens (tertiary/aromatic N) is 1. The number of unbranched alkanes of at least 4 members (excludes halogenated alkanes) is 13. The quantitative estimate of drug-likeness (QED) is 0.103. The minimum Gasteiger partial charge on any atom is -0.507 e. The van der Waals surface area contributed by atoms with Gasteiger partial charge in [-0.2, -0.15) is 0 Å². The summed E-state index contributed by atoms with van der Waals surface area (Å²) in [6.07, 6.45) is 18.7. The van der Waals surface area contributed by atoms with Crippen LogP contribution in [-0.2, 0) is 0 Å². The fourth-order valence-electron chi connectivity index (χ4n) is 4.15. The van der Waals surface area contributed by atoms with E-state index in [9.17, 15) is 10.3 Å². The topological polar surface area (TPSA) is 62.0 Å². The van der Waals surface area contributed by atoms with Crippen LogP contribution in [0.5, 0.6) is 11.5 Å². The molecule has 33 heavy (non-hydrogen) atoms. The number of rotatable bonds is 18. The van der Waals surface area contributed by atoms with Crippen LogP contribution in [0.25, 0.3) is 0 Å². The van der Waals surface area contributed by atoms with E-state index < -0.39 is 0 Å². The van der Waals surface area contributed by atoms with Gasteiger partial charge in [-0.15, -0.1) is 0 Å². The van der Waals surface area contributed by atoms with Crippen LogP contribution in [0.1, 0.15) is 108 Å². The summed E-state index contributed by atoms with van der Waals surface area (Å²) in [5, 5.41) is 23.2. The number of oxime groups is 1. The van der Waals surface area contributed by atoms with E-state index in [1.807, 2.05) is 36.4 Å². The summed E-state index contributed by atoms with van der Waals surface area (Å²) in [6.45, 7) is 2.92. The monoisotopic (exact) mass is 453 g/mol. The number of aromatic hydroxyl groups is 1. The highest BCUT2D eigenvalue weighted by Crippen LogP contribution is 2.26. The molecule has 0 amide bonds. The maximum atomic E-state index is 10.4. The molecule has 0 aromatic heterocycles. The third-order valence-electron chi connectivity index (χ3n) is 6.14. The van der Waals surface area contributed by atoms with Crippen LogP contribution < -0.4 is 4.74 Å². The number of hydrogen-bond acceptors (Lipinski definition) is 4. The first-order valence-corrected chi connectivity index (χ1v) is 13.0. The zero-order valence-electron chi connectivity index (χ0n) is 20.5. The fourth-order valence-corrected chi connectivity index (χ4v) is 4.15. The molecule has 0 aliphatic carbocycles. The summed E-state index contributed by atoms with van der Waals surface area (Å²) in [5.74, 6) is 0.682. The van der Waals surface area contributed by atoms with E-state index in [1.54, 1.807) is 12.1 Å². The molecule has 0 aliphatic heterocycles. The molecule has 2 aromatic carbocycles. The standard InChI is InChI=1S/C29H43NO3/c1-2-3-4-5-6-7-8-9-10-11-12-13-14-18-23-33-26-21-22-27(28(31)24-26)29(30-32)25-19-16-15-17-20-25/h15-17,19-22,24,31-32H,2-14,18,23H2,1H3/b30-29+. The Morgan fingerprint density at radius 2 is 1.27 bits per heavy atom. The number of ether oxygens (including phenoxy) is 1. The second kappa shape index (κ2) is 17.0. The second-order valence-electron chi connectivity index (χ2n) is 8.94. The van der Waals surface area contributed by atoms with Crippen molar-refractivity contribution in [3.8, 4) is 11.5 Å². The van der Waals surface area contributed by atoms with Gasteiger partial charge in [0, 0.05) is 17.2 Å². The van der Waals surface area contributed by atoms with Crippen LogP contribution in [0.2, 0.25) is 0 Å². The second-order valence-corrected chi connectivity index (χ2v) is 8.94. The third-order valence-corrected chi connectivity index (χ3v) is 6.14. The predicted molar refractivity (Wildman–Crippen MR) is 138 cm³/mol. The molecule has 0 atom stereocenters. The van der Waals surface area contributed by atoms with Gasteiger partial charge in [-0.25, -0.2) is 0 Å². The molecule has 0 saturated carbocycles. The van der Waals surface area contributed by atoms with Crippen molar-refractivity contribution in [2.45, 2.75) is 96.8 Å². The SMILES string of the molecule is CCCCCCCCCCCCCCCCOc1ccc(/C(=N/O)c2ccccc2)c(O)c1. The van der Waals surface area contributed by atoms with Gasteiger partial charge in [-0.05, 0) is 18.6 Å². The molecule has 0 spiro atoms. The summed E-state index contributed by atoms with van der Waals surface area (Å²) in [6, 6.07) is 14.4. The molecule has 0 fully saturated rings. The smallest absolute Gasteiger partial charge is 0.128 e. The van der Waals surface area contributed by atoms with Crippen molar-refractivity contribution in [1.29, 1.82) is 0 Å². The maximum absolute atomic E-state index is 10.4. The van der Waals surface area contributed by atoms with Gasteiger partial charge in [0.05, 0.1) is 6.61 Å². The lowest BCUT2D eigenvalue weighted by Gasteiger charge is -2.10. The molecule has 2 N–H and O–H groups in total. The highest BCUT2D eigenvalue weighted by Gasteiger charge is 2.13. The van der Waals surface area contributed by atoms with Gasteiger partial charge >= 0.3 is 0 Å². The lowest BCUT2D eigenvalue weighted by molar-refractivity contribution is 0.302. The van der Waals surface area contributed by atoms with Crippen LogP contribution in [0.4, 0.5) is 0 Å². The molecular formula is C29H43NO3. The van der Waals surface area contributed by atoms with Gasteiger partial charge in [0.1, 0.15) is 17.2 Å². The minimum absolute atomic E-state index is 0.0464. The Bertz CT molecular complexity index is 789. The van der Waals surface area contributed by atoms with Crippen LogP contribution in [0, 0.1) is 0 Å². The summed E-state index contributed by atoms with van der Waals surface area (Å²) >= 11 is 0. The van der Waals surface area contributed by atoms with E-state index in [-0.39, 0.29) is 5.75 Å². The van der Waals surface area contributed by atoms with Crippen molar-refractivity contribution in [2.75, 3.05) is 6.61 Å². The van der Waals surface area contributed by atoms with E-state index in [1.165, 1.54) is 83.5 Å². The molecule has 0 saturated heterocycles. The normalized spacial score (nSPS) is 11.6. The Labute approximate surface area is 200 Å². The highest BCUT2D eigenvalue weighted by molar-refractivity contribution is 6.14. The highest BCUT2D eigenvalue weighted by atomic mass is 16.5. The fraction of sp³-hybridized carbons (Fsp3) is 0.552. The Morgan fingerprint density at radius 3 is 1.79 bits per heavy atom. The van der Waals surface area contributed by atoms with Gasteiger partial charge < -0.3 is 15.1 Å². The van der Waals surface area contributed by atoms with Crippen molar-refractivity contribution < 1.29 is 15.1 Å². The van der Waals surface area contributed by atoms with Crippen LogP contribution >= 0.6 is 0 Å². The van der Waals surface area contributed by atoms with Crippen molar-refractivity contribution in [3.63, 3.8) is 0 Å². The molecule has 4 heteroatoms. The predicted octanol–water partition coefficient (Wildman–Crippen LogP) is 8.48. The zero-order valence-corrected chi connectivity index (χ0v) is 20.5. The average molecular weight is 454 g/mol. The van der Waals surface area contributed by atoms with E-state index in [0.717, 1.165) is 12.0 Å². The molecule has 2 aromatic rings. The molecule has 0 bridgehead atoms. The summed E-state index contributed by atoms with van der Waals surface area (Å²) in [4.78, 5) is 0. The van der Waals surface area contributed by atoms with Crippen molar-refractivity contribution in [2.24, 2.45) is 5.16 Å². The first-order valence-electron chi connectivity index (χ1n) is 13.0. The molecule has 0 unspecified atom stereocenters.